The van der Waals surface area contributed by atoms with Gasteiger partial charge in [0.25, 0.3) is 0 Å². The number of carboxylic acid groups (broad SMARTS) is 1. The minimum atomic E-state index is -0.903. The summed E-state index contributed by atoms with van der Waals surface area (Å²) >= 11 is 0. The molecule has 1 atom stereocenters. The Morgan fingerprint density at radius 3 is 1.46 bits per heavy atom. The number of carboxylic acids is 1. The summed E-state index contributed by atoms with van der Waals surface area (Å²) in [5.74, 6) is -0.903. The van der Waals surface area contributed by atoms with Crippen LogP contribution in [0, 0.1) is 0 Å². The fourth-order valence-electron chi connectivity index (χ4n) is 3.95. The van der Waals surface area contributed by atoms with Crippen molar-refractivity contribution in [3.63, 3.8) is 0 Å². The van der Waals surface area contributed by atoms with Crippen molar-refractivity contribution >= 4 is 5.97 Å². The van der Waals surface area contributed by atoms with Crippen LogP contribution in [0.2, 0.25) is 0 Å². The summed E-state index contributed by atoms with van der Waals surface area (Å²) in [6.07, 6.45) is 20.7. The van der Waals surface area contributed by atoms with Crippen LogP contribution in [0.15, 0.2) is 0 Å². The number of unbranched alkanes of at least 4 members (excludes halogenated alkanes) is 12. The SMILES string of the molecule is CCCCCCCCCN(CCCCCCCCC)C(CC)CCC(=O)[O-].[K+]. The van der Waals surface area contributed by atoms with Gasteiger partial charge in [-0.3, -0.25) is 0 Å². The van der Waals surface area contributed by atoms with Gasteiger partial charge in [0.2, 0.25) is 0 Å². The zero-order valence-electron chi connectivity index (χ0n) is 19.8. The molecule has 3 nitrogen and oxygen atoms in total. The molecule has 4 heteroatoms. The molecule has 0 spiro atoms. The molecule has 0 rings (SSSR count). The first-order valence-corrected chi connectivity index (χ1v) is 12.1. The molecule has 1 unspecified atom stereocenters. The third-order valence-corrected chi connectivity index (χ3v) is 5.77. The zero-order chi connectivity index (χ0) is 20.2. The number of carbonyl (C=O) groups excluding carboxylic acids is 1. The average Bonchev–Trinajstić information content (AvgIpc) is 2.66. The Hall–Kier alpha value is 1.07. The van der Waals surface area contributed by atoms with Gasteiger partial charge in [0.1, 0.15) is 0 Å². The summed E-state index contributed by atoms with van der Waals surface area (Å²) in [5, 5.41) is 10.9. The van der Waals surface area contributed by atoms with Crippen LogP contribution in [0.3, 0.4) is 0 Å². The maximum absolute atomic E-state index is 10.9. The van der Waals surface area contributed by atoms with Crippen molar-refractivity contribution < 1.29 is 61.3 Å². The van der Waals surface area contributed by atoms with E-state index in [4.69, 9.17) is 0 Å². The monoisotopic (exact) mass is 421 g/mol. The molecule has 0 aromatic rings. The Labute approximate surface area is 219 Å². The molecular weight excluding hydrogens is 373 g/mol. The van der Waals surface area contributed by atoms with E-state index in [1.165, 1.54) is 89.9 Å². The van der Waals surface area contributed by atoms with Crippen LogP contribution in [0.5, 0.6) is 0 Å². The van der Waals surface area contributed by atoms with E-state index >= 15 is 0 Å². The number of carbonyl (C=O) groups is 1. The van der Waals surface area contributed by atoms with Crippen molar-refractivity contribution in [1.82, 2.24) is 4.90 Å². The molecule has 0 saturated heterocycles. The summed E-state index contributed by atoms with van der Waals surface area (Å²) in [4.78, 5) is 13.5. The quantitative estimate of drug-likeness (QED) is 0.211. The van der Waals surface area contributed by atoms with Gasteiger partial charge < -0.3 is 14.8 Å². The summed E-state index contributed by atoms with van der Waals surface area (Å²) in [6, 6.07) is 0.406. The molecule has 0 heterocycles. The Morgan fingerprint density at radius 2 is 1.11 bits per heavy atom. The maximum atomic E-state index is 10.9. The van der Waals surface area contributed by atoms with Crippen LogP contribution in [0.1, 0.15) is 130 Å². The van der Waals surface area contributed by atoms with E-state index in [-0.39, 0.29) is 57.8 Å². The first kappa shape index (κ1) is 31.3. The van der Waals surface area contributed by atoms with Crippen molar-refractivity contribution in [2.45, 2.75) is 136 Å². The number of hydrogen-bond acceptors (Lipinski definition) is 3. The Kier molecular flexibility index (Phi) is 27.2. The van der Waals surface area contributed by atoms with Gasteiger partial charge in [-0.2, -0.15) is 0 Å². The third-order valence-electron chi connectivity index (χ3n) is 5.77. The summed E-state index contributed by atoms with van der Waals surface area (Å²) < 4.78 is 0. The van der Waals surface area contributed by atoms with Gasteiger partial charge in [-0.25, -0.2) is 0 Å². The Bertz CT molecular complexity index is 308. The standard InChI is InChI=1S/C24H49NO2.K/c1-4-7-9-11-13-15-17-21-25(23(6-3)19-20-24(26)27)22-18-16-14-12-10-8-5-2;/h23H,4-22H2,1-3H3,(H,26,27);/q;+1/p-1. The van der Waals surface area contributed by atoms with Crippen LogP contribution in [-0.2, 0) is 4.79 Å². The molecule has 162 valence electrons. The minimum absolute atomic E-state index is 0. The van der Waals surface area contributed by atoms with Crippen LogP contribution in [-0.4, -0.2) is 30.0 Å². The first-order chi connectivity index (χ1) is 13.2. The van der Waals surface area contributed by atoms with E-state index in [1.54, 1.807) is 0 Å². The second kappa shape index (κ2) is 24.3. The average molecular weight is 422 g/mol. The smallest absolute Gasteiger partial charge is 0.550 e. The zero-order valence-corrected chi connectivity index (χ0v) is 22.9. The molecule has 0 aliphatic rings. The van der Waals surface area contributed by atoms with Gasteiger partial charge >= 0.3 is 51.4 Å². The molecule has 0 radical (unpaired) electrons. The molecule has 0 bridgehead atoms. The second-order valence-corrected chi connectivity index (χ2v) is 8.25. The molecule has 0 aromatic carbocycles. The minimum Gasteiger partial charge on any atom is -0.550 e. The maximum Gasteiger partial charge on any atom is 1.00 e. The van der Waals surface area contributed by atoms with Gasteiger partial charge in [-0.05, 0) is 45.2 Å². The van der Waals surface area contributed by atoms with Crippen LogP contribution in [0.4, 0.5) is 0 Å². The van der Waals surface area contributed by atoms with Gasteiger partial charge in [0, 0.05) is 12.0 Å². The topological polar surface area (TPSA) is 43.4 Å². The molecule has 0 amide bonds. The largest absolute Gasteiger partial charge is 1.00 e. The van der Waals surface area contributed by atoms with Crippen LogP contribution < -0.4 is 56.5 Å². The summed E-state index contributed by atoms with van der Waals surface area (Å²) in [6.45, 7) is 8.99. The normalized spacial score (nSPS) is 12.1. The summed E-state index contributed by atoms with van der Waals surface area (Å²) in [7, 11) is 0. The van der Waals surface area contributed by atoms with Gasteiger partial charge in [-0.1, -0.05) is 97.8 Å². The molecule has 0 N–H and O–H groups in total. The molecule has 0 aliphatic carbocycles. The van der Waals surface area contributed by atoms with Crippen LogP contribution in [0.25, 0.3) is 0 Å². The van der Waals surface area contributed by atoms with Crippen molar-refractivity contribution in [1.29, 1.82) is 0 Å². The molecular formula is C24H48KNO2. The number of hydrogen-bond donors (Lipinski definition) is 0. The molecule has 28 heavy (non-hydrogen) atoms. The van der Waals surface area contributed by atoms with E-state index in [0.717, 1.165) is 25.9 Å². The summed E-state index contributed by atoms with van der Waals surface area (Å²) in [5.41, 5.74) is 0. The van der Waals surface area contributed by atoms with Crippen molar-refractivity contribution in [2.24, 2.45) is 0 Å². The van der Waals surface area contributed by atoms with Gasteiger partial charge in [0.05, 0.1) is 0 Å². The van der Waals surface area contributed by atoms with E-state index in [9.17, 15) is 9.90 Å². The predicted molar refractivity (Wildman–Crippen MR) is 116 cm³/mol. The molecule has 0 aliphatic heterocycles. The number of aliphatic carboxylic acids is 1. The second-order valence-electron chi connectivity index (χ2n) is 8.25. The molecule has 0 fully saturated rings. The third kappa shape index (κ3) is 20.3. The van der Waals surface area contributed by atoms with E-state index in [2.05, 4.69) is 25.7 Å². The first-order valence-electron chi connectivity index (χ1n) is 12.1. The fraction of sp³-hybridized carbons (Fsp3) is 0.958. The van der Waals surface area contributed by atoms with Crippen molar-refractivity contribution in [3.05, 3.63) is 0 Å². The Balaban J connectivity index is 0. The van der Waals surface area contributed by atoms with Crippen molar-refractivity contribution in [3.8, 4) is 0 Å². The van der Waals surface area contributed by atoms with Gasteiger partial charge in [0.15, 0.2) is 0 Å². The molecule has 0 saturated carbocycles. The van der Waals surface area contributed by atoms with E-state index in [1.807, 2.05) is 0 Å². The van der Waals surface area contributed by atoms with Crippen molar-refractivity contribution in [2.75, 3.05) is 13.1 Å². The van der Waals surface area contributed by atoms with E-state index in [0.29, 0.717) is 6.04 Å². The Morgan fingerprint density at radius 1 is 0.714 bits per heavy atom. The fourth-order valence-corrected chi connectivity index (χ4v) is 3.95. The van der Waals surface area contributed by atoms with Gasteiger partial charge in [-0.15, -0.1) is 0 Å². The number of nitrogens with zero attached hydrogens (tertiary/aromatic N) is 1. The van der Waals surface area contributed by atoms with E-state index < -0.39 is 5.97 Å². The molecule has 0 aromatic heterocycles. The number of rotatable bonds is 21. The van der Waals surface area contributed by atoms with Crippen LogP contribution >= 0.6 is 0 Å². The predicted octanol–water partition coefficient (Wildman–Crippen LogP) is 3.10.